The van der Waals surface area contributed by atoms with Crippen LogP contribution in [0.5, 0.6) is 0 Å². The molecule has 0 unspecified atom stereocenters. The van der Waals surface area contributed by atoms with E-state index in [9.17, 15) is 0 Å². The number of hydrogen-bond acceptors (Lipinski definition) is 1. The van der Waals surface area contributed by atoms with Crippen LogP contribution in [0.4, 0.5) is 0 Å². The minimum Gasteiger partial charge on any atom is -0.257 e. The van der Waals surface area contributed by atoms with Crippen LogP contribution in [0.15, 0.2) is 6.07 Å². The number of aromatic nitrogens is 1. The SMILES string of the molecule is CCCCc1cc(CCC)c(CCC)nc1CC(C)C. The van der Waals surface area contributed by atoms with Crippen molar-refractivity contribution in [1.82, 2.24) is 4.98 Å². The van der Waals surface area contributed by atoms with E-state index in [2.05, 4.69) is 40.7 Å². The van der Waals surface area contributed by atoms with Crippen molar-refractivity contribution >= 4 is 0 Å². The minimum atomic E-state index is 0.689. The average Bonchev–Trinajstić information content (AvgIpc) is 2.40. The van der Waals surface area contributed by atoms with Crippen molar-refractivity contribution < 1.29 is 0 Å². The maximum absolute atomic E-state index is 5.07. The number of hydrogen-bond donors (Lipinski definition) is 0. The Hall–Kier alpha value is -0.850. The van der Waals surface area contributed by atoms with Crippen LogP contribution in [0.1, 0.15) is 82.8 Å². The molecule has 0 aromatic carbocycles. The molecule has 1 heterocycles. The molecular weight excluding hydrogens is 242 g/mol. The van der Waals surface area contributed by atoms with Gasteiger partial charge in [-0.3, -0.25) is 4.98 Å². The summed E-state index contributed by atoms with van der Waals surface area (Å²) in [5, 5.41) is 0. The van der Waals surface area contributed by atoms with Gasteiger partial charge in [0.05, 0.1) is 0 Å². The van der Waals surface area contributed by atoms with Gasteiger partial charge in [-0.2, -0.15) is 0 Å². The number of nitrogens with zero attached hydrogens (tertiary/aromatic N) is 1. The fourth-order valence-corrected chi connectivity index (χ4v) is 2.77. The minimum absolute atomic E-state index is 0.689. The molecule has 1 rings (SSSR count). The Morgan fingerprint density at radius 3 is 2.05 bits per heavy atom. The van der Waals surface area contributed by atoms with Crippen LogP contribution in [-0.2, 0) is 25.7 Å². The summed E-state index contributed by atoms with van der Waals surface area (Å²) in [6.07, 6.45) is 9.61. The molecular formula is C19H33N. The second-order valence-corrected chi connectivity index (χ2v) is 6.40. The standard InChI is InChI=1S/C19H33N/c1-6-9-12-17-14-16(10-7-2)18(11-8-3)20-19(17)13-15(4)5/h14-15H,6-13H2,1-5H3. The lowest BCUT2D eigenvalue weighted by molar-refractivity contribution is 0.621. The first-order valence-corrected chi connectivity index (χ1v) is 8.62. The maximum atomic E-state index is 5.07. The maximum Gasteiger partial charge on any atom is 0.0441 e. The van der Waals surface area contributed by atoms with Crippen LogP contribution < -0.4 is 0 Å². The van der Waals surface area contributed by atoms with E-state index in [0.29, 0.717) is 5.92 Å². The molecule has 20 heavy (non-hydrogen) atoms. The molecule has 0 spiro atoms. The summed E-state index contributed by atoms with van der Waals surface area (Å²) in [4.78, 5) is 5.07. The highest BCUT2D eigenvalue weighted by atomic mass is 14.7. The third-order valence-electron chi connectivity index (χ3n) is 3.77. The lowest BCUT2D eigenvalue weighted by Gasteiger charge is -2.16. The van der Waals surface area contributed by atoms with E-state index in [4.69, 9.17) is 4.98 Å². The molecule has 0 radical (unpaired) electrons. The Morgan fingerprint density at radius 2 is 1.50 bits per heavy atom. The molecule has 0 aliphatic rings. The van der Waals surface area contributed by atoms with Crippen molar-refractivity contribution in [2.24, 2.45) is 5.92 Å². The Morgan fingerprint density at radius 1 is 0.850 bits per heavy atom. The van der Waals surface area contributed by atoms with Gasteiger partial charge in [-0.15, -0.1) is 0 Å². The molecule has 0 aliphatic heterocycles. The summed E-state index contributed by atoms with van der Waals surface area (Å²) < 4.78 is 0. The van der Waals surface area contributed by atoms with Gasteiger partial charge >= 0.3 is 0 Å². The van der Waals surface area contributed by atoms with E-state index in [0.717, 1.165) is 12.8 Å². The summed E-state index contributed by atoms with van der Waals surface area (Å²) in [5.74, 6) is 0.689. The molecule has 114 valence electrons. The number of aryl methyl sites for hydroxylation is 3. The number of pyridine rings is 1. The predicted octanol–water partition coefficient (Wildman–Crippen LogP) is 5.53. The zero-order valence-corrected chi connectivity index (χ0v) is 14.3. The summed E-state index contributed by atoms with van der Waals surface area (Å²) in [6.45, 7) is 11.4. The predicted molar refractivity (Wildman–Crippen MR) is 89.4 cm³/mol. The lowest BCUT2D eigenvalue weighted by atomic mass is 9.95. The summed E-state index contributed by atoms with van der Waals surface area (Å²) in [6, 6.07) is 2.48. The smallest absolute Gasteiger partial charge is 0.0441 e. The van der Waals surface area contributed by atoms with E-state index < -0.39 is 0 Å². The molecule has 0 fully saturated rings. The van der Waals surface area contributed by atoms with Gasteiger partial charge < -0.3 is 0 Å². The van der Waals surface area contributed by atoms with Crippen LogP contribution in [0.2, 0.25) is 0 Å². The molecule has 1 aromatic rings. The molecule has 1 heteroatoms. The Bertz CT molecular complexity index is 393. The first-order chi connectivity index (χ1) is 9.62. The molecule has 0 saturated heterocycles. The van der Waals surface area contributed by atoms with E-state index in [-0.39, 0.29) is 0 Å². The van der Waals surface area contributed by atoms with Gasteiger partial charge in [0, 0.05) is 11.4 Å². The second kappa shape index (κ2) is 9.15. The molecule has 1 nitrogen and oxygen atoms in total. The van der Waals surface area contributed by atoms with Crippen LogP contribution in [0.25, 0.3) is 0 Å². The van der Waals surface area contributed by atoms with Crippen molar-refractivity contribution in [2.45, 2.75) is 86.0 Å². The van der Waals surface area contributed by atoms with E-state index in [1.165, 1.54) is 61.0 Å². The molecule has 0 bridgehead atoms. The van der Waals surface area contributed by atoms with E-state index in [1.54, 1.807) is 0 Å². The monoisotopic (exact) mass is 275 g/mol. The van der Waals surface area contributed by atoms with Crippen molar-refractivity contribution in [3.05, 3.63) is 28.6 Å². The normalized spacial score (nSPS) is 11.3. The highest BCUT2D eigenvalue weighted by molar-refractivity contribution is 5.32. The topological polar surface area (TPSA) is 12.9 Å². The fourth-order valence-electron chi connectivity index (χ4n) is 2.77. The number of unbranched alkanes of at least 4 members (excludes halogenated alkanes) is 1. The Kier molecular flexibility index (Phi) is 7.87. The van der Waals surface area contributed by atoms with Crippen LogP contribution in [0.3, 0.4) is 0 Å². The van der Waals surface area contributed by atoms with Crippen molar-refractivity contribution in [1.29, 1.82) is 0 Å². The fraction of sp³-hybridized carbons (Fsp3) is 0.737. The van der Waals surface area contributed by atoms with Gasteiger partial charge in [-0.05, 0) is 49.1 Å². The van der Waals surface area contributed by atoms with E-state index in [1.807, 2.05) is 0 Å². The summed E-state index contributed by atoms with van der Waals surface area (Å²) >= 11 is 0. The van der Waals surface area contributed by atoms with Crippen LogP contribution in [0, 0.1) is 5.92 Å². The Balaban J connectivity index is 3.12. The highest BCUT2D eigenvalue weighted by Crippen LogP contribution is 2.21. The van der Waals surface area contributed by atoms with Crippen molar-refractivity contribution in [3.63, 3.8) is 0 Å². The second-order valence-electron chi connectivity index (χ2n) is 6.40. The third kappa shape index (κ3) is 5.26. The summed E-state index contributed by atoms with van der Waals surface area (Å²) in [7, 11) is 0. The molecule has 0 N–H and O–H groups in total. The first-order valence-electron chi connectivity index (χ1n) is 8.62. The largest absolute Gasteiger partial charge is 0.257 e. The van der Waals surface area contributed by atoms with Crippen molar-refractivity contribution in [3.8, 4) is 0 Å². The summed E-state index contributed by atoms with van der Waals surface area (Å²) in [5.41, 5.74) is 5.76. The molecule has 0 saturated carbocycles. The molecule has 0 atom stereocenters. The van der Waals surface area contributed by atoms with Gasteiger partial charge in [0.15, 0.2) is 0 Å². The van der Waals surface area contributed by atoms with Gasteiger partial charge in [-0.1, -0.05) is 59.9 Å². The highest BCUT2D eigenvalue weighted by Gasteiger charge is 2.12. The number of rotatable bonds is 9. The van der Waals surface area contributed by atoms with Gasteiger partial charge in [0.25, 0.3) is 0 Å². The zero-order chi connectivity index (χ0) is 15.0. The average molecular weight is 275 g/mol. The molecule has 0 amide bonds. The van der Waals surface area contributed by atoms with Gasteiger partial charge in [-0.25, -0.2) is 0 Å². The third-order valence-corrected chi connectivity index (χ3v) is 3.77. The van der Waals surface area contributed by atoms with E-state index >= 15 is 0 Å². The zero-order valence-electron chi connectivity index (χ0n) is 14.3. The lowest BCUT2D eigenvalue weighted by Crippen LogP contribution is -2.09. The molecule has 1 aromatic heterocycles. The van der Waals surface area contributed by atoms with Crippen LogP contribution >= 0.6 is 0 Å². The molecule has 0 aliphatic carbocycles. The van der Waals surface area contributed by atoms with Gasteiger partial charge in [0.1, 0.15) is 0 Å². The first kappa shape index (κ1) is 17.2. The van der Waals surface area contributed by atoms with Gasteiger partial charge in [0.2, 0.25) is 0 Å². The Labute approximate surface area is 126 Å². The van der Waals surface area contributed by atoms with Crippen molar-refractivity contribution in [2.75, 3.05) is 0 Å². The van der Waals surface area contributed by atoms with Crippen LogP contribution in [-0.4, -0.2) is 4.98 Å². The quantitative estimate of drug-likeness (QED) is 0.577.